The van der Waals surface area contributed by atoms with Crippen molar-refractivity contribution >= 4 is 41.4 Å². The van der Waals surface area contributed by atoms with Crippen LogP contribution in [0.4, 0.5) is 0 Å². The number of ketones is 1. The summed E-state index contributed by atoms with van der Waals surface area (Å²) in [4.78, 5) is 63.7. The lowest BCUT2D eigenvalue weighted by molar-refractivity contribution is -0.167. The second-order valence-electron chi connectivity index (χ2n) is 15.7. The number of hydrogen-bond donors (Lipinski definition) is 0. The molecule has 0 N–H and O–H groups in total. The minimum absolute atomic E-state index is 0.0234. The van der Waals surface area contributed by atoms with Gasteiger partial charge in [0.05, 0.1) is 12.7 Å². The predicted octanol–water partition coefficient (Wildman–Crippen LogP) is 10.1. The molecule has 1 aromatic heterocycles. The topological polar surface area (TPSA) is 147 Å². The molecule has 334 valence electrons. The summed E-state index contributed by atoms with van der Waals surface area (Å²) in [6, 6.07) is 0. The molecule has 0 aromatic carbocycles. The Bertz CT molecular complexity index is 1230. The fourth-order valence-corrected chi connectivity index (χ4v) is 7.53. The Morgan fingerprint density at radius 1 is 0.638 bits per heavy atom. The average Bonchev–Trinajstić information content (AvgIpc) is 3.65. The summed E-state index contributed by atoms with van der Waals surface area (Å²) in [6.07, 6.45) is 28.1. The van der Waals surface area contributed by atoms with Crippen molar-refractivity contribution in [1.29, 1.82) is 0 Å². The van der Waals surface area contributed by atoms with E-state index in [1.807, 2.05) is 0 Å². The number of thioether (sulfide) groups is 1. The van der Waals surface area contributed by atoms with E-state index in [4.69, 9.17) is 14.2 Å². The van der Waals surface area contributed by atoms with Crippen molar-refractivity contribution < 1.29 is 38.2 Å². The van der Waals surface area contributed by atoms with Crippen molar-refractivity contribution in [1.82, 2.24) is 19.9 Å². The molecule has 1 rings (SSSR count). The first kappa shape index (κ1) is 53.1. The number of Topliss-reactive ketones (excluding diaryl/α,β-unsaturated/α-hetero) is 1. The van der Waals surface area contributed by atoms with E-state index >= 15 is 0 Å². The third-order valence-electron chi connectivity index (χ3n) is 10.1. The number of hydrogen-bond acceptors (Lipinski definition) is 11. The molecule has 0 spiro atoms. The van der Waals surface area contributed by atoms with E-state index in [0.717, 1.165) is 38.5 Å². The molecule has 0 bridgehead atoms. The zero-order valence-corrected chi connectivity index (χ0v) is 37.8. The van der Waals surface area contributed by atoms with E-state index in [9.17, 15) is 24.0 Å². The second-order valence-corrected chi connectivity index (χ2v) is 16.9. The summed E-state index contributed by atoms with van der Waals surface area (Å²) in [7, 11) is 0. The van der Waals surface area contributed by atoms with E-state index in [2.05, 4.69) is 24.2 Å². The molecular weight excluding hydrogens is 757 g/mol. The van der Waals surface area contributed by atoms with Gasteiger partial charge in [-0.25, -0.2) is 4.68 Å². The molecule has 1 aromatic rings. The highest BCUT2D eigenvalue weighted by Crippen LogP contribution is 2.15. The van der Waals surface area contributed by atoms with E-state index in [1.165, 1.54) is 107 Å². The standard InChI is InChI=1S/C45H80N4O8S/c1-5-8-10-12-14-16-18-20-22-24-26-28-43(52)55-37-41(57-44(53)29-27-25-23-21-19-17-15-13-11-9-6-2)38-56-45(54)36-49-35-40(46-47-49)34-48(42(51)7-3)31-33-58-32-30-39(4)50/h35,41H,5-34,36-38H2,1-4H3. The van der Waals surface area contributed by atoms with Gasteiger partial charge >= 0.3 is 17.9 Å². The minimum atomic E-state index is -0.918. The van der Waals surface area contributed by atoms with Gasteiger partial charge in [-0.15, -0.1) is 5.10 Å². The quantitative estimate of drug-likeness (QED) is 0.0353. The number of esters is 3. The van der Waals surface area contributed by atoms with E-state index in [0.29, 0.717) is 43.0 Å². The molecule has 58 heavy (non-hydrogen) atoms. The van der Waals surface area contributed by atoms with Gasteiger partial charge in [0.1, 0.15) is 31.2 Å². The lowest BCUT2D eigenvalue weighted by Crippen LogP contribution is -2.32. The van der Waals surface area contributed by atoms with Crippen molar-refractivity contribution in [3.63, 3.8) is 0 Å². The van der Waals surface area contributed by atoms with E-state index in [-0.39, 0.29) is 50.4 Å². The van der Waals surface area contributed by atoms with Crippen LogP contribution in [0, 0.1) is 0 Å². The van der Waals surface area contributed by atoms with Crippen LogP contribution in [0.25, 0.3) is 0 Å². The average molecular weight is 837 g/mol. The van der Waals surface area contributed by atoms with Gasteiger partial charge in [0.15, 0.2) is 6.10 Å². The number of ether oxygens (including phenoxy) is 3. The molecule has 12 nitrogen and oxygen atoms in total. The molecular formula is C45H80N4O8S. The SMILES string of the molecule is CCCCCCCCCCCCCC(=O)OCC(COC(=O)Cn1cc(CN(CCSCCC(C)=O)C(=O)CC)nn1)OC(=O)CCCCCCCCCCCCC. The molecule has 0 aliphatic carbocycles. The third-order valence-corrected chi connectivity index (χ3v) is 11.1. The molecule has 1 heterocycles. The van der Waals surface area contributed by atoms with Crippen LogP contribution in [0.15, 0.2) is 6.20 Å². The van der Waals surface area contributed by atoms with Gasteiger partial charge in [0, 0.05) is 43.7 Å². The number of amides is 1. The second kappa shape index (κ2) is 37.1. The number of carbonyl (C=O) groups excluding carboxylic acids is 5. The van der Waals surface area contributed by atoms with Gasteiger partial charge in [-0.05, 0) is 19.8 Å². The lowest BCUT2D eigenvalue weighted by Gasteiger charge is -2.20. The maximum absolute atomic E-state index is 12.8. The summed E-state index contributed by atoms with van der Waals surface area (Å²) in [6.45, 7) is 7.92. The van der Waals surface area contributed by atoms with E-state index < -0.39 is 18.0 Å². The van der Waals surface area contributed by atoms with Crippen molar-refractivity contribution in [2.24, 2.45) is 0 Å². The molecule has 1 amide bonds. The summed E-state index contributed by atoms with van der Waals surface area (Å²) < 4.78 is 18.0. The van der Waals surface area contributed by atoms with E-state index in [1.54, 1.807) is 36.7 Å². The van der Waals surface area contributed by atoms with Gasteiger partial charge in [0.25, 0.3) is 0 Å². The minimum Gasteiger partial charge on any atom is -0.462 e. The van der Waals surface area contributed by atoms with Crippen molar-refractivity contribution in [3.05, 3.63) is 11.9 Å². The van der Waals surface area contributed by atoms with Crippen LogP contribution in [-0.4, -0.2) is 86.9 Å². The Kier molecular flexibility index (Phi) is 33.9. The van der Waals surface area contributed by atoms with Crippen molar-refractivity contribution in [3.8, 4) is 0 Å². The zero-order chi connectivity index (χ0) is 42.5. The number of unbranched alkanes of at least 4 members (excludes halogenated alkanes) is 20. The van der Waals surface area contributed by atoms with Gasteiger partial charge in [-0.1, -0.05) is 154 Å². The number of nitrogens with zero attached hydrogens (tertiary/aromatic N) is 4. The van der Waals surface area contributed by atoms with Crippen molar-refractivity contribution in [2.45, 2.75) is 214 Å². The molecule has 0 saturated carbocycles. The summed E-state index contributed by atoms with van der Waals surface area (Å²) in [5.41, 5.74) is 0.530. The molecule has 0 fully saturated rings. The van der Waals surface area contributed by atoms with Crippen LogP contribution in [0.5, 0.6) is 0 Å². The van der Waals surface area contributed by atoms with Crippen LogP contribution >= 0.6 is 11.8 Å². The normalized spacial score (nSPS) is 11.7. The molecule has 0 aliphatic heterocycles. The number of aromatic nitrogens is 3. The van der Waals surface area contributed by atoms with Crippen LogP contribution in [-0.2, 0) is 51.3 Å². The summed E-state index contributed by atoms with van der Waals surface area (Å²) in [5, 5.41) is 8.18. The summed E-state index contributed by atoms with van der Waals surface area (Å²) in [5.74, 6) is 0.159. The first-order valence-electron chi connectivity index (χ1n) is 22.9. The number of rotatable bonds is 40. The highest BCUT2D eigenvalue weighted by molar-refractivity contribution is 7.99. The Morgan fingerprint density at radius 3 is 1.62 bits per heavy atom. The van der Waals surface area contributed by atoms with Gasteiger partial charge in [0.2, 0.25) is 5.91 Å². The van der Waals surface area contributed by atoms with Crippen LogP contribution in [0.2, 0.25) is 0 Å². The highest BCUT2D eigenvalue weighted by Gasteiger charge is 2.21. The maximum Gasteiger partial charge on any atom is 0.327 e. The number of carbonyl (C=O) groups is 5. The largest absolute Gasteiger partial charge is 0.462 e. The molecule has 0 saturated heterocycles. The Labute approximate surface area is 355 Å². The Balaban J connectivity index is 2.57. The fourth-order valence-electron chi connectivity index (χ4n) is 6.54. The summed E-state index contributed by atoms with van der Waals surface area (Å²) >= 11 is 1.62. The van der Waals surface area contributed by atoms with Gasteiger partial charge in [-0.3, -0.25) is 24.0 Å². The third kappa shape index (κ3) is 31.0. The van der Waals surface area contributed by atoms with Crippen LogP contribution in [0.3, 0.4) is 0 Å². The first-order chi connectivity index (χ1) is 28.2. The monoisotopic (exact) mass is 837 g/mol. The molecule has 1 unspecified atom stereocenters. The van der Waals surface area contributed by atoms with Crippen LogP contribution in [0.1, 0.15) is 200 Å². The zero-order valence-electron chi connectivity index (χ0n) is 37.0. The fraction of sp³-hybridized carbons (Fsp3) is 0.844. The van der Waals surface area contributed by atoms with Crippen LogP contribution < -0.4 is 0 Å². The maximum atomic E-state index is 12.8. The molecule has 13 heteroatoms. The predicted molar refractivity (Wildman–Crippen MR) is 232 cm³/mol. The van der Waals surface area contributed by atoms with Gasteiger partial charge in [-0.2, -0.15) is 11.8 Å². The molecule has 1 atom stereocenters. The Hall–Kier alpha value is -2.96. The molecule has 0 radical (unpaired) electrons. The van der Waals surface area contributed by atoms with Gasteiger partial charge < -0.3 is 19.1 Å². The molecule has 0 aliphatic rings. The van der Waals surface area contributed by atoms with Crippen molar-refractivity contribution in [2.75, 3.05) is 31.3 Å². The smallest absolute Gasteiger partial charge is 0.327 e. The Morgan fingerprint density at radius 2 is 1.12 bits per heavy atom. The highest BCUT2D eigenvalue weighted by atomic mass is 32.2. The lowest BCUT2D eigenvalue weighted by atomic mass is 10.1. The first-order valence-corrected chi connectivity index (χ1v) is 24.1.